The average molecular weight is 393 g/mol. The predicted molar refractivity (Wildman–Crippen MR) is 92.7 cm³/mol. The molecule has 0 aliphatic heterocycles. The van der Waals surface area contributed by atoms with Crippen LogP contribution in [-0.2, 0) is 4.74 Å². The molecule has 0 aliphatic carbocycles. The molecular formula is C18H14F3N3O4. The number of imidazole rings is 1. The van der Waals surface area contributed by atoms with E-state index < -0.39 is 12.3 Å². The van der Waals surface area contributed by atoms with Gasteiger partial charge in [0.2, 0.25) is 5.56 Å². The third-order valence-electron chi connectivity index (χ3n) is 3.60. The predicted octanol–water partition coefficient (Wildman–Crippen LogP) is 3.51. The number of aromatic nitrogens is 3. The van der Waals surface area contributed by atoms with Crippen LogP contribution < -0.4 is 10.3 Å². The molecule has 0 spiro atoms. The number of nitrogens with zero attached hydrogens (tertiary/aromatic N) is 1. The van der Waals surface area contributed by atoms with Gasteiger partial charge < -0.3 is 19.4 Å². The van der Waals surface area contributed by atoms with Crippen molar-refractivity contribution in [3.8, 4) is 28.4 Å². The first-order valence-electron chi connectivity index (χ1n) is 8.09. The van der Waals surface area contributed by atoms with Crippen molar-refractivity contribution in [1.29, 1.82) is 0 Å². The van der Waals surface area contributed by atoms with E-state index in [-0.39, 0.29) is 35.1 Å². The largest absolute Gasteiger partial charge is 0.573 e. The van der Waals surface area contributed by atoms with Crippen LogP contribution in [0.1, 0.15) is 17.4 Å². The van der Waals surface area contributed by atoms with Gasteiger partial charge in [0.05, 0.1) is 6.61 Å². The molecule has 3 aromatic rings. The van der Waals surface area contributed by atoms with Crippen molar-refractivity contribution in [2.24, 2.45) is 0 Å². The van der Waals surface area contributed by atoms with Gasteiger partial charge in [-0.3, -0.25) is 4.79 Å². The van der Waals surface area contributed by atoms with Crippen molar-refractivity contribution in [2.75, 3.05) is 6.61 Å². The number of halogens is 3. The molecule has 28 heavy (non-hydrogen) atoms. The van der Waals surface area contributed by atoms with Crippen molar-refractivity contribution in [3.63, 3.8) is 0 Å². The molecule has 0 unspecified atom stereocenters. The normalized spacial score (nSPS) is 11.3. The molecule has 0 fully saturated rings. The summed E-state index contributed by atoms with van der Waals surface area (Å²) in [5, 5.41) is 0. The van der Waals surface area contributed by atoms with E-state index in [2.05, 4.69) is 19.7 Å². The van der Waals surface area contributed by atoms with Gasteiger partial charge in [0.1, 0.15) is 17.3 Å². The topological polar surface area (TPSA) is 97.1 Å². The number of pyridine rings is 1. The van der Waals surface area contributed by atoms with Crippen molar-refractivity contribution < 1.29 is 27.4 Å². The zero-order valence-corrected chi connectivity index (χ0v) is 14.5. The Morgan fingerprint density at radius 3 is 2.36 bits per heavy atom. The number of nitrogens with one attached hydrogen (secondary N) is 2. The van der Waals surface area contributed by atoms with Crippen LogP contribution in [0.3, 0.4) is 0 Å². The first-order valence-corrected chi connectivity index (χ1v) is 8.09. The number of aromatic amines is 2. The van der Waals surface area contributed by atoms with Gasteiger partial charge in [0.15, 0.2) is 5.69 Å². The molecule has 7 nitrogen and oxygen atoms in total. The average Bonchev–Trinajstić information content (AvgIpc) is 3.07. The van der Waals surface area contributed by atoms with Crippen LogP contribution in [0.2, 0.25) is 0 Å². The Morgan fingerprint density at radius 1 is 1.11 bits per heavy atom. The number of hydrogen-bond acceptors (Lipinski definition) is 5. The number of esters is 1. The minimum absolute atomic E-state index is 0.0551. The Kier molecular flexibility index (Phi) is 5.21. The van der Waals surface area contributed by atoms with Crippen LogP contribution in [0.4, 0.5) is 13.2 Å². The number of carbonyl (C=O) groups is 1. The van der Waals surface area contributed by atoms with E-state index in [4.69, 9.17) is 4.74 Å². The molecule has 2 heterocycles. The molecule has 0 bridgehead atoms. The molecule has 1 aromatic carbocycles. The lowest BCUT2D eigenvalue weighted by Crippen LogP contribution is -2.16. The molecule has 3 rings (SSSR count). The molecule has 2 aromatic heterocycles. The number of hydrogen-bond donors (Lipinski definition) is 2. The molecule has 10 heteroatoms. The maximum atomic E-state index is 12.3. The van der Waals surface area contributed by atoms with Crippen molar-refractivity contribution in [3.05, 3.63) is 58.6 Å². The SMILES string of the molecule is CCOC(=O)c1[nH]c(-c2ccc(OC(F)(F)F)cc2)nc1-c1ccc(=O)[nH]c1. The number of rotatable bonds is 5. The number of carbonyl (C=O) groups excluding carboxylic acids is 1. The molecule has 0 radical (unpaired) electrons. The fourth-order valence-corrected chi connectivity index (χ4v) is 2.44. The molecule has 146 valence electrons. The molecule has 0 saturated carbocycles. The second-order valence-electron chi connectivity index (χ2n) is 5.54. The van der Waals surface area contributed by atoms with Crippen LogP contribution in [-0.4, -0.2) is 33.9 Å². The highest BCUT2D eigenvalue weighted by atomic mass is 19.4. The summed E-state index contributed by atoms with van der Waals surface area (Å²) in [4.78, 5) is 33.2. The molecule has 0 amide bonds. The molecule has 0 aliphatic rings. The van der Waals surface area contributed by atoms with Crippen LogP contribution in [0, 0.1) is 0 Å². The monoisotopic (exact) mass is 393 g/mol. The lowest BCUT2D eigenvalue weighted by molar-refractivity contribution is -0.274. The van der Waals surface area contributed by atoms with E-state index in [0.717, 1.165) is 12.1 Å². The van der Waals surface area contributed by atoms with Crippen molar-refractivity contribution in [2.45, 2.75) is 13.3 Å². The molecule has 0 atom stereocenters. The maximum absolute atomic E-state index is 12.3. The van der Waals surface area contributed by atoms with Gasteiger partial charge in [-0.15, -0.1) is 13.2 Å². The van der Waals surface area contributed by atoms with Gasteiger partial charge in [-0.1, -0.05) is 0 Å². The van der Waals surface area contributed by atoms with E-state index in [1.165, 1.54) is 30.5 Å². The van der Waals surface area contributed by atoms with Crippen molar-refractivity contribution in [1.82, 2.24) is 15.0 Å². The summed E-state index contributed by atoms with van der Waals surface area (Å²) >= 11 is 0. The lowest BCUT2D eigenvalue weighted by Gasteiger charge is -2.08. The standard InChI is InChI=1S/C18H14F3N3O4/c1-2-27-17(26)15-14(11-5-8-13(25)22-9-11)23-16(24-15)10-3-6-12(7-4-10)28-18(19,20)21/h3-9H,2H2,1H3,(H,22,25)(H,23,24). The summed E-state index contributed by atoms with van der Waals surface area (Å²) in [7, 11) is 0. The fraction of sp³-hybridized carbons (Fsp3) is 0.167. The summed E-state index contributed by atoms with van der Waals surface area (Å²) in [5.74, 6) is -0.795. The minimum atomic E-state index is -4.79. The van der Waals surface area contributed by atoms with Crippen LogP contribution >= 0.6 is 0 Å². The van der Waals surface area contributed by atoms with Gasteiger partial charge in [-0.05, 0) is 37.3 Å². The quantitative estimate of drug-likeness (QED) is 0.647. The van der Waals surface area contributed by atoms with E-state index in [0.29, 0.717) is 11.1 Å². The zero-order chi connectivity index (χ0) is 20.3. The Hall–Kier alpha value is -3.56. The fourth-order valence-electron chi connectivity index (χ4n) is 2.44. The van der Waals surface area contributed by atoms with E-state index >= 15 is 0 Å². The third-order valence-corrected chi connectivity index (χ3v) is 3.60. The smallest absolute Gasteiger partial charge is 0.461 e. The molecular weight excluding hydrogens is 379 g/mol. The third kappa shape index (κ3) is 4.40. The lowest BCUT2D eigenvalue weighted by atomic mass is 10.2. The van der Waals surface area contributed by atoms with Crippen LogP contribution in [0.5, 0.6) is 5.75 Å². The van der Waals surface area contributed by atoms with E-state index in [1.807, 2.05) is 0 Å². The summed E-state index contributed by atoms with van der Waals surface area (Å²) in [6.45, 7) is 1.79. The number of ether oxygens (including phenoxy) is 2. The molecule has 0 saturated heterocycles. The Morgan fingerprint density at radius 2 is 1.79 bits per heavy atom. The van der Waals surface area contributed by atoms with Gasteiger partial charge in [-0.2, -0.15) is 0 Å². The van der Waals surface area contributed by atoms with Gasteiger partial charge >= 0.3 is 12.3 Å². The van der Waals surface area contributed by atoms with Gasteiger partial charge in [0, 0.05) is 23.4 Å². The number of benzene rings is 1. The van der Waals surface area contributed by atoms with Crippen LogP contribution in [0.25, 0.3) is 22.6 Å². The summed E-state index contributed by atoms with van der Waals surface area (Å²) in [5.41, 5.74) is 0.857. The summed E-state index contributed by atoms with van der Waals surface area (Å²) in [6, 6.07) is 7.77. The first kappa shape index (κ1) is 19.2. The maximum Gasteiger partial charge on any atom is 0.573 e. The number of alkyl halides is 3. The van der Waals surface area contributed by atoms with Gasteiger partial charge in [0.25, 0.3) is 0 Å². The zero-order valence-electron chi connectivity index (χ0n) is 14.5. The van der Waals surface area contributed by atoms with Crippen molar-refractivity contribution >= 4 is 5.97 Å². The van der Waals surface area contributed by atoms with E-state index in [1.54, 1.807) is 6.92 Å². The Balaban J connectivity index is 2.00. The highest BCUT2D eigenvalue weighted by Crippen LogP contribution is 2.28. The highest BCUT2D eigenvalue weighted by Gasteiger charge is 2.31. The second kappa shape index (κ2) is 7.59. The number of H-pyrrole nitrogens is 2. The van der Waals surface area contributed by atoms with Crippen LogP contribution in [0.15, 0.2) is 47.4 Å². The Labute approximate surface area is 156 Å². The second-order valence-corrected chi connectivity index (χ2v) is 5.54. The summed E-state index contributed by atoms with van der Waals surface area (Å²) < 4.78 is 45.7. The van der Waals surface area contributed by atoms with Gasteiger partial charge in [-0.25, -0.2) is 9.78 Å². The molecule has 2 N–H and O–H groups in total. The van der Waals surface area contributed by atoms with E-state index in [9.17, 15) is 22.8 Å². The summed E-state index contributed by atoms with van der Waals surface area (Å²) in [6.07, 6.45) is -3.40. The minimum Gasteiger partial charge on any atom is -0.461 e. The Bertz CT molecular complexity index is 1020. The highest BCUT2D eigenvalue weighted by molar-refractivity contribution is 5.95. The first-order chi connectivity index (χ1) is 13.3.